The minimum absolute atomic E-state index is 0.0688. The van der Waals surface area contributed by atoms with Crippen molar-refractivity contribution in [1.29, 1.82) is 0 Å². The van der Waals surface area contributed by atoms with E-state index in [1.54, 1.807) is 76.2 Å². The second-order valence-electron chi connectivity index (χ2n) is 12.2. The molecule has 5 rings (SSSR count). The normalized spacial score (nSPS) is 22.2. The topological polar surface area (TPSA) is 103 Å². The predicted molar refractivity (Wildman–Crippen MR) is 150 cm³/mol. The van der Waals surface area contributed by atoms with E-state index in [0.29, 0.717) is 32.8 Å². The molecule has 0 radical (unpaired) electrons. The van der Waals surface area contributed by atoms with Crippen molar-refractivity contribution in [2.24, 2.45) is 0 Å². The Balaban J connectivity index is 1.62. The van der Waals surface area contributed by atoms with Gasteiger partial charge < -0.3 is 14.9 Å². The van der Waals surface area contributed by atoms with E-state index in [0.717, 1.165) is 0 Å². The fraction of sp³-hybridized carbons (Fsp3) is 0.387. The van der Waals surface area contributed by atoms with E-state index in [9.17, 15) is 33.0 Å². The van der Waals surface area contributed by atoms with E-state index in [4.69, 9.17) is 4.74 Å². The number of pyridine rings is 1. The van der Waals surface area contributed by atoms with E-state index in [1.807, 2.05) is 6.07 Å². The van der Waals surface area contributed by atoms with Crippen molar-refractivity contribution in [2.75, 3.05) is 18.1 Å². The molecule has 0 unspecified atom stereocenters. The summed E-state index contributed by atoms with van der Waals surface area (Å²) in [4.78, 5) is 31.5. The molecule has 3 aromatic rings. The number of anilines is 1. The summed E-state index contributed by atoms with van der Waals surface area (Å²) in [6, 6.07) is 17.6. The van der Waals surface area contributed by atoms with Crippen molar-refractivity contribution in [3.8, 4) is 28.3 Å². The third kappa shape index (κ3) is 5.40. The number of nitrogens with zero attached hydrogens (tertiary/aromatic N) is 3. The number of carbonyl (C=O) groups is 2. The van der Waals surface area contributed by atoms with Crippen molar-refractivity contribution in [3.05, 3.63) is 66.2 Å². The van der Waals surface area contributed by atoms with Crippen LogP contribution in [0.15, 0.2) is 60.7 Å². The number of alkyl halides is 3. The van der Waals surface area contributed by atoms with Crippen LogP contribution >= 0.6 is 0 Å². The zero-order valence-electron chi connectivity index (χ0n) is 23.7. The van der Waals surface area contributed by atoms with Crippen LogP contribution in [0.3, 0.4) is 0 Å². The van der Waals surface area contributed by atoms with Crippen LogP contribution in [0.4, 0.5) is 23.7 Å². The third-order valence-electron chi connectivity index (χ3n) is 7.65. The maximum Gasteiger partial charge on any atom is 0.408 e. The number of halogens is 3. The first-order valence-electron chi connectivity index (χ1n) is 13.5. The largest absolute Gasteiger partial charge is 0.466 e. The molecule has 2 amide bonds. The molecule has 222 valence electrons. The van der Waals surface area contributed by atoms with Crippen LogP contribution in [0, 0.1) is 0 Å². The van der Waals surface area contributed by atoms with Gasteiger partial charge in [-0.15, -0.1) is 0 Å². The Labute approximate surface area is 241 Å². The summed E-state index contributed by atoms with van der Waals surface area (Å²) in [5.41, 5.74) is 0.0974. The number of rotatable bonds is 5. The minimum atomic E-state index is -4.62. The van der Waals surface area contributed by atoms with Gasteiger partial charge in [-0.1, -0.05) is 54.6 Å². The fourth-order valence-electron chi connectivity index (χ4n) is 6.29. The monoisotopic (exact) mass is 583 g/mol. The Hall–Kier alpha value is -4.12. The van der Waals surface area contributed by atoms with Crippen LogP contribution in [0.1, 0.15) is 46.1 Å². The van der Waals surface area contributed by atoms with Crippen LogP contribution in [-0.4, -0.2) is 62.6 Å². The van der Waals surface area contributed by atoms with Crippen LogP contribution in [0.25, 0.3) is 22.4 Å². The zero-order valence-corrected chi connectivity index (χ0v) is 23.7. The number of aromatic nitrogens is 1. The van der Waals surface area contributed by atoms with Gasteiger partial charge in [0.25, 0.3) is 5.91 Å². The highest BCUT2D eigenvalue weighted by atomic mass is 19.4. The first kappa shape index (κ1) is 29.4. The standard InChI is InChI=1S/C31H32F3N3O5/c1-28(2,3)37(27(39)40)30(16-29(4,41)17-30)21-12-10-20(11-13-21)25-22(19-8-6-5-7-9-19)14-23-26(35-25)42-15-24(38)36(23)18-31(32,33)34/h5-14,41H,15-18H2,1-4H3,(H,39,40)/t29-,30+. The lowest BCUT2D eigenvalue weighted by Gasteiger charge is -2.60. The van der Waals surface area contributed by atoms with Crippen LogP contribution in [0.2, 0.25) is 0 Å². The molecule has 0 bridgehead atoms. The number of fused-ring (bicyclic) bond motifs is 1. The molecule has 11 heteroatoms. The quantitative estimate of drug-likeness (QED) is 0.370. The Morgan fingerprint density at radius 3 is 2.19 bits per heavy atom. The molecule has 2 N–H and O–H groups in total. The van der Waals surface area contributed by atoms with E-state index < -0.39 is 48.0 Å². The van der Waals surface area contributed by atoms with Crippen molar-refractivity contribution < 1.29 is 37.7 Å². The smallest absolute Gasteiger partial charge is 0.408 e. The highest BCUT2D eigenvalue weighted by Gasteiger charge is 2.59. The fourth-order valence-corrected chi connectivity index (χ4v) is 6.29. The summed E-state index contributed by atoms with van der Waals surface area (Å²) in [6.07, 6.45) is -5.29. The average molecular weight is 584 g/mol. The molecule has 1 aromatic heterocycles. The van der Waals surface area contributed by atoms with Gasteiger partial charge in [0, 0.05) is 29.5 Å². The third-order valence-corrected chi connectivity index (χ3v) is 7.65. The van der Waals surface area contributed by atoms with Crippen LogP contribution < -0.4 is 9.64 Å². The molecule has 2 aliphatic rings. The van der Waals surface area contributed by atoms with Gasteiger partial charge in [0.1, 0.15) is 12.2 Å². The van der Waals surface area contributed by atoms with Crippen molar-refractivity contribution in [3.63, 3.8) is 0 Å². The van der Waals surface area contributed by atoms with Crippen LogP contribution in [-0.2, 0) is 10.3 Å². The predicted octanol–water partition coefficient (Wildman–Crippen LogP) is 6.22. The average Bonchev–Trinajstić information content (AvgIpc) is 2.87. The molecule has 1 fully saturated rings. The molecular formula is C31H32F3N3O5. The van der Waals surface area contributed by atoms with E-state index in [2.05, 4.69) is 4.98 Å². The number of carboxylic acid groups (broad SMARTS) is 1. The molecule has 2 aromatic carbocycles. The summed E-state index contributed by atoms with van der Waals surface area (Å²) < 4.78 is 45.6. The van der Waals surface area contributed by atoms with Gasteiger partial charge in [0.15, 0.2) is 6.61 Å². The number of hydrogen-bond acceptors (Lipinski definition) is 5. The summed E-state index contributed by atoms with van der Waals surface area (Å²) >= 11 is 0. The maximum atomic E-state index is 13.4. The highest BCUT2D eigenvalue weighted by molar-refractivity contribution is 5.99. The van der Waals surface area contributed by atoms with E-state index >= 15 is 0 Å². The Kier molecular flexibility index (Phi) is 7.00. The van der Waals surface area contributed by atoms with Gasteiger partial charge in [-0.05, 0) is 44.9 Å². The number of ether oxygens (including phenoxy) is 1. The number of carbonyl (C=O) groups excluding carboxylic acids is 1. The van der Waals surface area contributed by atoms with Gasteiger partial charge in [-0.2, -0.15) is 13.2 Å². The van der Waals surface area contributed by atoms with Gasteiger partial charge in [0.05, 0.1) is 16.8 Å². The lowest BCUT2D eigenvalue weighted by Crippen LogP contribution is -2.67. The van der Waals surface area contributed by atoms with Crippen molar-refractivity contribution >= 4 is 17.7 Å². The molecule has 1 saturated carbocycles. The van der Waals surface area contributed by atoms with Crippen molar-refractivity contribution in [1.82, 2.24) is 9.88 Å². The number of benzene rings is 2. The summed E-state index contributed by atoms with van der Waals surface area (Å²) in [5.74, 6) is -0.907. The van der Waals surface area contributed by atoms with Gasteiger partial charge in [0.2, 0.25) is 5.88 Å². The van der Waals surface area contributed by atoms with Gasteiger partial charge in [-0.25, -0.2) is 9.78 Å². The minimum Gasteiger partial charge on any atom is -0.466 e. The second-order valence-corrected chi connectivity index (χ2v) is 12.2. The Bertz CT molecular complexity index is 1510. The Morgan fingerprint density at radius 2 is 1.67 bits per heavy atom. The number of hydrogen-bond donors (Lipinski definition) is 2. The van der Waals surface area contributed by atoms with Gasteiger partial charge in [-0.3, -0.25) is 14.6 Å². The first-order chi connectivity index (χ1) is 19.5. The molecule has 0 atom stereocenters. The van der Waals surface area contributed by atoms with E-state index in [1.165, 1.54) is 11.0 Å². The van der Waals surface area contributed by atoms with Gasteiger partial charge >= 0.3 is 12.3 Å². The molecular weight excluding hydrogens is 551 g/mol. The molecule has 1 aliphatic heterocycles. The Morgan fingerprint density at radius 1 is 1.05 bits per heavy atom. The number of aliphatic hydroxyl groups is 1. The summed E-state index contributed by atoms with van der Waals surface area (Å²) in [7, 11) is 0. The zero-order chi connectivity index (χ0) is 30.7. The molecule has 2 heterocycles. The highest BCUT2D eigenvalue weighted by Crippen LogP contribution is 2.54. The molecule has 8 nitrogen and oxygen atoms in total. The molecule has 0 saturated heterocycles. The number of amides is 2. The molecule has 1 aliphatic carbocycles. The van der Waals surface area contributed by atoms with Crippen LogP contribution in [0.5, 0.6) is 5.88 Å². The maximum absolute atomic E-state index is 13.4. The second kappa shape index (κ2) is 10.0. The first-order valence-corrected chi connectivity index (χ1v) is 13.5. The lowest BCUT2D eigenvalue weighted by molar-refractivity contribution is -0.152. The lowest BCUT2D eigenvalue weighted by atomic mass is 9.60. The summed E-state index contributed by atoms with van der Waals surface area (Å²) in [5, 5.41) is 20.9. The SMILES string of the molecule is CC(C)(C)N(C(=O)O)[C@]1(c2ccc(-c3nc4c(cc3-c3ccccc3)N(CC(F)(F)F)C(=O)CO4)cc2)C[C@](C)(O)C1. The van der Waals surface area contributed by atoms with E-state index in [-0.39, 0.29) is 24.4 Å². The molecule has 42 heavy (non-hydrogen) atoms. The summed E-state index contributed by atoms with van der Waals surface area (Å²) in [6.45, 7) is 5.06. The molecule has 0 spiro atoms. The van der Waals surface area contributed by atoms with Crippen molar-refractivity contribution in [2.45, 2.75) is 63.4 Å².